The van der Waals surface area contributed by atoms with E-state index in [0.717, 1.165) is 16.7 Å². The highest BCUT2D eigenvalue weighted by molar-refractivity contribution is 5.98. The molecule has 0 saturated carbocycles. The van der Waals surface area contributed by atoms with Crippen molar-refractivity contribution in [3.05, 3.63) is 141 Å². The van der Waals surface area contributed by atoms with Gasteiger partial charge >= 0.3 is 0 Å². The van der Waals surface area contributed by atoms with Crippen molar-refractivity contribution in [1.82, 2.24) is 14.7 Å². The molecule has 4 aromatic carbocycles. The Balaban J connectivity index is 1.17. The molecule has 0 spiro atoms. The van der Waals surface area contributed by atoms with E-state index < -0.39 is 0 Å². The van der Waals surface area contributed by atoms with Crippen molar-refractivity contribution in [3.8, 4) is 0 Å². The fraction of sp³-hybridized carbons (Fsp3) is 0.308. The maximum atomic E-state index is 14.6. The fourth-order valence-electron chi connectivity index (χ4n) is 9.94. The molecule has 222 valence electrons. The zero-order valence-corrected chi connectivity index (χ0v) is 24.9. The third kappa shape index (κ3) is 3.37. The Bertz CT molecular complexity index is 1680. The third-order valence-corrected chi connectivity index (χ3v) is 11.6. The highest BCUT2D eigenvalue weighted by Crippen LogP contribution is 2.68. The van der Waals surface area contributed by atoms with E-state index in [9.17, 15) is 14.4 Å². The van der Waals surface area contributed by atoms with Crippen LogP contribution in [0.4, 0.5) is 0 Å². The van der Waals surface area contributed by atoms with Crippen LogP contribution in [-0.2, 0) is 34.0 Å². The Labute approximate surface area is 262 Å². The van der Waals surface area contributed by atoms with Crippen LogP contribution < -0.4 is 0 Å². The molecule has 45 heavy (non-hydrogen) atoms. The zero-order chi connectivity index (χ0) is 30.0. The number of amides is 3. The van der Waals surface area contributed by atoms with Gasteiger partial charge in [-0.2, -0.15) is 0 Å². The Morgan fingerprint density at radius 2 is 0.667 bits per heavy atom. The van der Waals surface area contributed by atoms with Crippen LogP contribution in [0, 0.1) is 0 Å². The molecule has 3 heterocycles. The number of carbonyl (C=O) groups excluding carboxylic acids is 3. The molecule has 0 bridgehead atoms. The summed E-state index contributed by atoms with van der Waals surface area (Å²) < 4.78 is 0. The molecule has 6 heteroatoms. The van der Waals surface area contributed by atoms with E-state index in [2.05, 4.69) is 51.1 Å². The lowest BCUT2D eigenvalue weighted by atomic mass is 9.77. The van der Waals surface area contributed by atoms with Gasteiger partial charge in [0.2, 0.25) is 17.7 Å². The minimum atomic E-state index is -0.276. The smallest absolute Gasteiger partial charge is 0.231 e. The van der Waals surface area contributed by atoms with Gasteiger partial charge in [0.05, 0.1) is 35.9 Å². The number of benzene rings is 4. The van der Waals surface area contributed by atoms with E-state index in [0.29, 0.717) is 38.9 Å². The number of hydrogen-bond acceptors (Lipinski definition) is 3. The fourth-order valence-corrected chi connectivity index (χ4v) is 9.94. The van der Waals surface area contributed by atoms with Crippen LogP contribution in [0.3, 0.4) is 0 Å². The molecule has 0 N–H and O–H groups in total. The van der Waals surface area contributed by atoms with E-state index in [-0.39, 0.29) is 53.6 Å². The Morgan fingerprint density at radius 1 is 0.400 bits per heavy atom. The Hall–Kier alpha value is -4.71. The normalized spacial score (nSPS) is 28.0. The van der Waals surface area contributed by atoms with Crippen LogP contribution in [0.1, 0.15) is 105 Å². The van der Waals surface area contributed by atoms with E-state index in [1.54, 1.807) is 0 Å². The van der Waals surface area contributed by atoms with Crippen LogP contribution in [0.2, 0.25) is 0 Å². The lowest BCUT2D eigenvalue weighted by Crippen LogP contribution is -2.41. The summed E-state index contributed by atoms with van der Waals surface area (Å²) in [5.41, 5.74) is 10.6. The Morgan fingerprint density at radius 3 is 0.933 bits per heavy atom. The summed E-state index contributed by atoms with van der Waals surface area (Å²) in [7, 11) is 0. The van der Waals surface area contributed by atoms with Gasteiger partial charge in [-0.05, 0) is 69.3 Å². The molecule has 4 aromatic rings. The van der Waals surface area contributed by atoms with Crippen LogP contribution >= 0.6 is 0 Å². The van der Waals surface area contributed by atoms with Gasteiger partial charge in [-0.3, -0.25) is 14.4 Å². The first-order valence-corrected chi connectivity index (χ1v) is 16.3. The monoisotopic (exact) mass is 591 g/mol. The molecular weight excluding hydrogens is 558 g/mol. The van der Waals surface area contributed by atoms with Crippen molar-refractivity contribution in [2.45, 2.75) is 74.8 Å². The standard InChI is InChI=1S/C39H33N3O3/c43-37-25-17-29-35-31(25)34-28(40(37)19-22-10-4-1-5-11-22)16-26-32(34)36-30(42(38(26)44)21-24-14-8-3-9-15-24)18-27(33(35)36)39(45)41(29)20-23-12-6-2-7-13-23/h1-15,25-30H,16-21H2/t25-,26-,27-,28+,29+,30+/m0/s1. The number of hydrogen-bond donors (Lipinski definition) is 0. The first-order chi connectivity index (χ1) is 22.1. The van der Waals surface area contributed by atoms with E-state index >= 15 is 0 Å². The van der Waals surface area contributed by atoms with E-state index in [1.807, 2.05) is 54.6 Å². The molecule has 6 aliphatic rings. The second kappa shape index (κ2) is 9.16. The van der Waals surface area contributed by atoms with Gasteiger partial charge in [-0.1, -0.05) is 91.0 Å². The maximum absolute atomic E-state index is 14.6. The number of nitrogens with zero attached hydrogens (tertiary/aromatic N) is 3. The third-order valence-electron chi connectivity index (χ3n) is 11.6. The largest absolute Gasteiger partial charge is 0.331 e. The number of rotatable bonds is 6. The molecule has 0 aromatic heterocycles. The average molecular weight is 592 g/mol. The summed E-state index contributed by atoms with van der Waals surface area (Å²) in [6.07, 6.45) is 1.87. The SMILES string of the molecule is O=C1[C@H]2C[C@@H]3c4c2c2c5c6c4[C@H](C[C@H]6N(Cc4ccccc4)C(=O)[C@H]5C[C@H]2N1Cc1ccccc1)C(=O)N3Cc1ccccc1. The molecule has 6 nitrogen and oxygen atoms in total. The summed E-state index contributed by atoms with van der Waals surface area (Å²) >= 11 is 0. The first-order valence-electron chi connectivity index (χ1n) is 16.3. The van der Waals surface area contributed by atoms with Crippen molar-refractivity contribution in [1.29, 1.82) is 0 Å². The second-order valence-electron chi connectivity index (χ2n) is 13.7. The van der Waals surface area contributed by atoms with E-state index in [1.165, 1.54) is 33.4 Å². The molecule has 3 amide bonds. The highest BCUT2D eigenvalue weighted by atomic mass is 16.2. The van der Waals surface area contributed by atoms with Crippen molar-refractivity contribution in [2.24, 2.45) is 0 Å². The highest BCUT2D eigenvalue weighted by Gasteiger charge is 2.62. The summed E-state index contributed by atoms with van der Waals surface area (Å²) in [5, 5.41) is 0. The summed E-state index contributed by atoms with van der Waals surface area (Å²) in [6.45, 7) is 1.60. The van der Waals surface area contributed by atoms with Crippen LogP contribution in [-0.4, -0.2) is 32.4 Å². The topological polar surface area (TPSA) is 60.9 Å². The van der Waals surface area contributed by atoms with Gasteiger partial charge in [0.1, 0.15) is 0 Å². The van der Waals surface area contributed by atoms with Gasteiger partial charge in [0.15, 0.2) is 0 Å². The van der Waals surface area contributed by atoms with Gasteiger partial charge in [0, 0.05) is 19.6 Å². The van der Waals surface area contributed by atoms with Gasteiger partial charge in [-0.25, -0.2) is 0 Å². The van der Waals surface area contributed by atoms with Gasteiger partial charge in [-0.15, -0.1) is 0 Å². The predicted octanol–water partition coefficient (Wildman–Crippen LogP) is 6.40. The summed E-state index contributed by atoms with van der Waals surface area (Å²) in [6, 6.07) is 30.3. The predicted molar refractivity (Wildman–Crippen MR) is 168 cm³/mol. The van der Waals surface area contributed by atoms with Crippen LogP contribution in [0.5, 0.6) is 0 Å². The summed E-state index contributed by atoms with van der Waals surface area (Å²) in [5.74, 6) is -0.372. The van der Waals surface area contributed by atoms with Crippen LogP contribution in [0.15, 0.2) is 91.0 Å². The van der Waals surface area contributed by atoms with Crippen molar-refractivity contribution < 1.29 is 14.4 Å². The van der Waals surface area contributed by atoms with E-state index in [4.69, 9.17) is 0 Å². The molecular formula is C39H33N3O3. The molecule has 3 aliphatic heterocycles. The average Bonchev–Trinajstić information content (AvgIpc) is 3.77. The molecule has 3 aliphatic carbocycles. The lowest BCUT2D eigenvalue weighted by Gasteiger charge is -2.40. The molecule has 6 atom stereocenters. The number of carbonyl (C=O) groups is 3. The molecule has 0 fully saturated rings. The van der Waals surface area contributed by atoms with Crippen molar-refractivity contribution in [3.63, 3.8) is 0 Å². The van der Waals surface area contributed by atoms with Crippen molar-refractivity contribution in [2.75, 3.05) is 0 Å². The van der Waals surface area contributed by atoms with Gasteiger partial charge < -0.3 is 14.7 Å². The van der Waals surface area contributed by atoms with Gasteiger partial charge in [0.25, 0.3) is 0 Å². The molecule has 0 saturated heterocycles. The second-order valence-corrected chi connectivity index (χ2v) is 13.7. The lowest BCUT2D eigenvalue weighted by molar-refractivity contribution is -0.140. The zero-order valence-electron chi connectivity index (χ0n) is 24.9. The maximum Gasteiger partial charge on any atom is 0.231 e. The summed E-state index contributed by atoms with van der Waals surface area (Å²) in [4.78, 5) is 50.0. The first kappa shape index (κ1) is 25.6. The quantitative estimate of drug-likeness (QED) is 0.261. The Kier molecular flexibility index (Phi) is 5.21. The molecule has 10 rings (SSSR count). The molecule has 0 unspecified atom stereocenters. The minimum absolute atomic E-state index is 0.121. The minimum Gasteiger partial charge on any atom is -0.331 e. The van der Waals surface area contributed by atoms with Crippen molar-refractivity contribution >= 4 is 17.7 Å². The van der Waals surface area contributed by atoms with Crippen LogP contribution in [0.25, 0.3) is 0 Å². The molecule has 0 radical (unpaired) electrons.